The average molecular weight is 888 g/mol. The van der Waals surface area contributed by atoms with Crippen molar-refractivity contribution in [1.29, 1.82) is 0 Å². The van der Waals surface area contributed by atoms with E-state index in [4.69, 9.17) is 0 Å². The van der Waals surface area contributed by atoms with Crippen LogP contribution in [-0.4, -0.2) is 90.8 Å². The number of rotatable bonds is 4. The smallest absolute Gasteiger partial charge is 0.409 e. The van der Waals surface area contributed by atoms with Crippen molar-refractivity contribution in [3.63, 3.8) is 0 Å². The van der Waals surface area contributed by atoms with E-state index in [0.717, 1.165) is 13.2 Å². The Morgan fingerprint density at radius 2 is 0.532 bits per heavy atom. The molecule has 281 valence electrons. The molecule has 0 saturated carbocycles. The van der Waals surface area contributed by atoms with Crippen molar-refractivity contribution in [1.82, 2.24) is 9.80 Å². The van der Waals surface area contributed by atoms with Gasteiger partial charge in [-0.2, -0.15) is 0 Å². The molecule has 0 bridgehead atoms. The third kappa shape index (κ3) is 115. The van der Waals surface area contributed by atoms with Crippen molar-refractivity contribution in [3.8, 4) is 0 Å². The summed E-state index contributed by atoms with van der Waals surface area (Å²) < 4.78 is 18.3. The number of hydrogen-bond donors (Lipinski definition) is 0. The van der Waals surface area contributed by atoms with Crippen molar-refractivity contribution in [2.75, 3.05) is 68.8 Å². The van der Waals surface area contributed by atoms with Crippen LogP contribution in [0.1, 0.15) is 96.9 Å². The third-order valence-corrected chi connectivity index (χ3v) is 3.18. The fourth-order valence-electron chi connectivity index (χ4n) is 1.27. The third-order valence-electron chi connectivity index (χ3n) is 3.18. The number of methoxy groups -OCH3 is 2. The van der Waals surface area contributed by atoms with Crippen molar-refractivity contribution >= 4 is 12.2 Å². The summed E-state index contributed by atoms with van der Waals surface area (Å²) in [5.74, 6) is 0. The van der Waals surface area contributed by atoms with Gasteiger partial charge in [-0.15, -0.1) is 0 Å². The van der Waals surface area contributed by atoms with Crippen LogP contribution in [0.25, 0.3) is 0 Å². The van der Waals surface area contributed by atoms with Gasteiger partial charge in [-0.3, -0.25) is 0 Å². The van der Waals surface area contributed by atoms with Crippen LogP contribution >= 0.6 is 0 Å². The maximum Gasteiger partial charge on any atom is 0.409 e. The molecule has 0 N–H and O–H groups in total. The minimum Gasteiger partial charge on any atom is -0.450 e. The Morgan fingerprint density at radius 1 is 0.404 bits per heavy atom. The summed E-state index contributed by atoms with van der Waals surface area (Å²) in [5.41, 5.74) is 0. The molecule has 9 heteroatoms. The van der Waals surface area contributed by atoms with Gasteiger partial charge in [0.15, 0.2) is 0 Å². The van der Waals surface area contributed by atoms with Gasteiger partial charge >= 0.3 is 12.2 Å². The number of carbonyl (C=O) groups excluding carboxylic acids is 2. The molecule has 2 amide bonds. The Labute approximate surface area is 330 Å². The van der Waals surface area contributed by atoms with Gasteiger partial charge in [0.25, 0.3) is 0 Å². The van der Waals surface area contributed by atoms with Crippen molar-refractivity contribution in [3.05, 3.63) is 72.8 Å². The second-order valence-electron chi connectivity index (χ2n) is 6.65. The summed E-state index contributed by atoms with van der Waals surface area (Å²) in [4.78, 5) is 23.7. The zero-order valence-corrected chi connectivity index (χ0v) is 39.4. The van der Waals surface area contributed by atoms with Crippen LogP contribution in [0, 0.1) is 44.1 Å². The Balaban J connectivity index is -0.0000000417. The molecule has 0 aliphatic carbocycles. The van der Waals surface area contributed by atoms with Crippen LogP contribution in [0.2, 0.25) is 0 Å². The standard InChI is InChI=1S/2C6H6.2C5H11NO2.2C3H8O.5C2H6.Ac/c2*1-2-4-6-5-3-1;2*1-4-8-5(7)6(2)3;2*1-3-4-2;5*1-2;/h2*1-6H;2*4H2,1-3H3;2*3H2,1-2H3;5*1-2H3;. The first-order chi connectivity index (χ1) is 22.2. The molecule has 47 heavy (non-hydrogen) atoms. The van der Waals surface area contributed by atoms with Crippen LogP contribution in [-0.2, 0) is 18.9 Å². The molecule has 0 atom stereocenters. The number of hydrogen-bond acceptors (Lipinski definition) is 6. The molecule has 0 aliphatic heterocycles. The molecule has 0 unspecified atom stereocenters. The maximum atomic E-state index is 10.4. The molecule has 0 aromatic heterocycles. The van der Waals surface area contributed by atoms with Crippen LogP contribution in [0.4, 0.5) is 9.59 Å². The van der Waals surface area contributed by atoms with Crippen molar-refractivity contribution < 1.29 is 72.6 Å². The van der Waals surface area contributed by atoms with Crippen molar-refractivity contribution in [2.24, 2.45) is 0 Å². The molecular weight excluding hydrogens is 807 g/mol. The van der Waals surface area contributed by atoms with Crippen LogP contribution in [0.3, 0.4) is 0 Å². The van der Waals surface area contributed by atoms with E-state index in [1.165, 1.54) is 9.80 Å². The topological polar surface area (TPSA) is 77.5 Å². The van der Waals surface area contributed by atoms with E-state index in [9.17, 15) is 9.59 Å². The van der Waals surface area contributed by atoms with Crippen LogP contribution in [0.15, 0.2) is 72.8 Å². The van der Waals surface area contributed by atoms with Gasteiger partial charge in [-0.05, 0) is 27.7 Å². The van der Waals surface area contributed by atoms with E-state index in [0.29, 0.717) is 13.2 Å². The summed E-state index contributed by atoms with van der Waals surface area (Å²) in [6.07, 6.45) is -0.569. The summed E-state index contributed by atoms with van der Waals surface area (Å²) in [6, 6.07) is 24.0. The van der Waals surface area contributed by atoms with Gasteiger partial charge < -0.3 is 28.7 Å². The quantitative estimate of drug-likeness (QED) is 0.304. The molecule has 0 fully saturated rings. The maximum absolute atomic E-state index is 10.4. The monoisotopic (exact) mass is 888 g/mol. The number of carbonyl (C=O) groups is 2. The second kappa shape index (κ2) is 90.5. The molecule has 0 saturated heterocycles. The number of ether oxygens (including phenoxy) is 4. The Bertz CT molecular complexity index is 536. The largest absolute Gasteiger partial charge is 0.450 e. The summed E-state index contributed by atoms with van der Waals surface area (Å²) in [7, 11) is 9.96. The fourth-order valence-corrected chi connectivity index (χ4v) is 1.27. The first-order valence-corrected chi connectivity index (χ1v) is 16.9. The zero-order chi connectivity index (χ0) is 38.5. The van der Waals surface area contributed by atoms with E-state index in [1.54, 1.807) is 56.3 Å². The van der Waals surface area contributed by atoms with E-state index in [1.807, 2.05) is 156 Å². The van der Waals surface area contributed by atoms with Gasteiger partial charge in [-0.25, -0.2) is 9.59 Å². The number of nitrogens with zero attached hydrogens (tertiary/aromatic N) is 2. The zero-order valence-electron chi connectivity index (χ0n) is 34.7. The minimum atomic E-state index is -0.285. The summed E-state index contributed by atoms with van der Waals surface area (Å²) in [5, 5.41) is 0. The Morgan fingerprint density at radius 3 is 0.574 bits per heavy atom. The molecule has 0 aliphatic rings. The molecule has 2 aromatic carbocycles. The second-order valence-corrected chi connectivity index (χ2v) is 6.65. The average Bonchev–Trinajstić information content (AvgIpc) is 3.15. The van der Waals surface area contributed by atoms with Gasteiger partial charge in [0.05, 0.1) is 13.2 Å². The number of benzene rings is 2. The molecular formula is C38H80AcN2O6. The van der Waals surface area contributed by atoms with E-state index < -0.39 is 0 Å². The van der Waals surface area contributed by atoms with E-state index in [2.05, 4.69) is 18.9 Å². The minimum absolute atomic E-state index is 0. The SMILES string of the molecule is CC.CC.CC.CC.CC.CCOC.CCOC.CCOC(=O)N(C)C.CCOC(=O)N(C)C.[Ac].c1ccccc1.c1ccccc1. The number of amides is 2. The van der Waals surface area contributed by atoms with Crippen LogP contribution in [0.5, 0.6) is 0 Å². The molecule has 0 heterocycles. The van der Waals surface area contributed by atoms with Gasteiger partial charge in [-0.1, -0.05) is 142 Å². The predicted molar refractivity (Wildman–Crippen MR) is 206 cm³/mol. The first-order valence-electron chi connectivity index (χ1n) is 16.9. The summed E-state index contributed by atoms with van der Waals surface area (Å²) in [6.45, 7) is 30.0. The Kier molecular flexibility index (Phi) is 137. The molecule has 8 nitrogen and oxygen atoms in total. The Hall–Kier alpha value is -1.66. The van der Waals surface area contributed by atoms with Gasteiger partial charge in [0.2, 0.25) is 0 Å². The normalized spacial score (nSPS) is 6.81. The fraction of sp³-hybridized carbons (Fsp3) is 0.632. The summed E-state index contributed by atoms with van der Waals surface area (Å²) >= 11 is 0. The molecule has 1 radical (unpaired) electrons. The van der Waals surface area contributed by atoms with Crippen molar-refractivity contribution in [2.45, 2.75) is 96.9 Å². The molecule has 2 aromatic rings. The van der Waals surface area contributed by atoms with E-state index in [-0.39, 0.29) is 56.2 Å². The van der Waals surface area contributed by atoms with Gasteiger partial charge in [0.1, 0.15) is 0 Å². The first kappa shape index (κ1) is 71.4. The molecule has 0 spiro atoms. The van der Waals surface area contributed by atoms with Gasteiger partial charge in [0, 0.05) is 99.7 Å². The predicted octanol–water partition coefficient (Wildman–Crippen LogP) is 11.2. The van der Waals surface area contributed by atoms with Crippen LogP contribution < -0.4 is 0 Å². The molecule has 2 rings (SSSR count). The van der Waals surface area contributed by atoms with E-state index >= 15 is 0 Å².